The highest BCUT2D eigenvalue weighted by atomic mass is 16.5. The van der Waals surface area contributed by atoms with Crippen LogP contribution >= 0.6 is 0 Å². The van der Waals surface area contributed by atoms with Gasteiger partial charge in [-0.25, -0.2) is 0 Å². The van der Waals surface area contributed by atoms with Crippen molar-refractivity contribution in [3.8, 4) is 0 Å². The lowest BCUT2D eigenvalue weighted by Crippen LogP contribution is -2.36. The van der Waals surface area contributed by atoms with E-state index in [0.717, 1.165) is 17.4 Å². The molecule has 2 aromatic carbocycles. The third kappa shape index (κ3) is 2.91. The van der Waals surface area contributed by atoms with E-state index in [4.69, 9.17) is 4.74 Å². The Balaban J connectivity index is 1.49. The molecular weight excluding hydrogens is 348 g/mol. The average Bonchev–Trinajstić information content (AvgIpc) is 3.36. The monoisotopic (exact) mass is 376 g/mol. The number of benzene rings is 2. The van der Waals surface area contributed by atoms with E-state index in [1.807, 2.05) is 6.07 Å². The Bertz CT molecular complexity index is 866. The maximum atomic E-state index is 12.6. The fraction of sp³-hybridized carbons (Fsp3) is 0.458. The molecule has 0 saturated heterocycles. The first-order chi connectivity index (χ1) is 13.8. The summed E-state index contributed by atoms with van der Waals surface area (Å²) in [5, 5.41) is 6.79. The number of carbonyl (C=O) groups excluding carboxylic acids is 1. The van der Waals surface area contributed by atoms with Crippen molar-refractivity contribution in [1.82, 2.24) is 5.32 Å². The third-order valence-electron chi connectivity index (χ3n) is 7.10. The van der Waals surface area contributed by atoms with E-state index in [1.54, 1.807) is 7.11 Å². The summed E-state index contributed by atoms with van der Waals surface area (Å²) >= 11 is 0. The molecule has 5 atom stereocenters. The Labute approximate surface area is 166 Å². The first-order valence-corrected chi connectivity index (χ1v) is 10.5. The van der Waals surface area contributed by atoms with Gasteiger partial charge in [0, 0.05) is 24.9 Å². The summed E-state index contributed by atoms with van der Waals surface area (Å²) in [6.07, 6.45) is 4.02. The predicted octanol–water partition coefficient (Wildman–Crippen LogP) is 4.36. The molecule has 0 radical (unpaired) electrons. The van der Waals surface area contributed by atoms with Crippen LogP contribution in [0.25, 0.3) is 0 Å². The van der Waals surface area contributed by atoms with Crippen LogP contribution in [0, 0.1) is 17.8 Å². The molecule has 0 unspecified atom stereocenters. The topological polar surface area (TPSA) is 50.4 Å². The number of fused-ring (bicyclic) bond motifs is 7. The molecule has 0 spiro atoms. The van der Waals surface area contributed by atoms with Crippen LogP contribution in [0.3, 0.4) is 0 Å². The molecule has 1 amide bonds. The number of amides is 1. The predicted molar refractivity (Wildman–Crippen MR) is 111 cm³/mol. The Hall–Kier alpha value is -2.33. The van der Waals surface area contributed by atoms with Crippen molar-refractivity contribution in [1.29, 1.82) is 0 Å². The number of hydrogen-bond donors (Lipinski definition) is 2. The second kappa shape index (κ2) is 7.25. The summed E-state index contributed by atoms with van der Waals surface area (Å²) in [5.74, 6) is 2.73. The Morgan fingerprint density at radius 3 is 2.79 bits per heavy atom. The highest BCUT2D eigenvalue weighted by Gasteiger charge is 2.53. The fourth-order valence-electron chi connectivity index (χ4n) is 5.99. The van der Waals surface area contributed by atoms with Crippen molar-refractivity contribution in [3.63, 3.8) is 0 Å². The molecule has 28 heavy (non-hydrogen) atoms. The smallest absolute Gasteiger partial charge is 0.251 e. The number of anilines is 1. The van der Waals surface area contributed by atoms with Crippen LogP contribution in [0.2, 0.25) is 0 Å². The molecule has 5 rings (SSSR count). The third-order valence-corrected chi connectivity index (χ3v) is 7.10. The molecule has 2 aromatic rings. The summed E-state index contributed by atoms with van der Waals surface area (Å²) < 4.78 is 5.04. The molecule has 1 aliphatic heterocycles. The molecule has 2 saturated carbocycles. The summed E-state index contributed by atoms with van der Waals surface area (Å²) in [4.78, 5) is 12.6. The molecule has 1 heterocycles. The van der Waals surface area contributed by atoms with Crippen molar-refractivity contribution in [2.45, 2.75) is 31.2 Å². The first-order valence-electron chi connectivity index (χ1n) is 10.5. The van der Waals surface area contributed by atoms with Gasteiger partial charge < -0.3 is 15.4 Å². The number of carbonyl (C=O) groups is 1. The van der Waals surface area contributed by atoms with E-state index in [2.05, 4.69) is 53.1 Å². The van der Waals surface area contributed by atoms with Crippen molar-refractivity contribution in [3.05, 3.63) is 65.2 Å². The lowest BCUT2D eigenvalue weighted by molar-refractivity contribution is 0.0937. The van der Waals surface area contributed by atoms with E-state index in [-0.39, 0.29) is 5.91 Å². The zero-order valence-corrected chi connectivity index (χ0v) is 16.4. The Kier molecular flexibility index (Phi) is 4.59. The summed E-state index contributed by atoms with van der Waals surface area (Å²) in [6.45, 7) is 1.07. The minimum Gasteiger partial charge on any atom is -0.383 e. The minimum atomic E-state index is -0.00950. The van der Waals surface area contributed by atoms with Gasteiger partial charge in [0.2, 0.25) is 0 Å². The molecular formula is C24H28N2O2. The summed E-state index contributed by atoms with van der Waals surface area (Å²) in [7, 11) is 1.65. The van der Waals surface area contributed by atoms with Crippen molar-refractivity contribution < 1.29 is 9.53 Å². The van der Waals surface area contributed by atoms with E-state index in [9.17, 15) is 4.79 Å². The number of hydrogen-bond acceptors (Lipinski definition) is 3. The first kappa shape index (κ1) is 17.7. The number of nitrogens with one attached hydrogen (secondary N) is 2. The van der Waals surface area contributed by atoms with Crippen molar-refractivity contribution >= 4 is 11.6 Å². The van der Waals surface area contributed by atoms with E-state index in [1.165, 1.54) is 36.1 Å². The van der Waals surface area contributed by atoms with Gasteiger partial charge in [0.1, 0.15) is 0 Å². The van der Waals surface area contributed by atoms with Gasteiger partial charge in [-0.05, 0) is 72.3 Å². The lowest BCUT2D eigenvalue weighted by atomic mass is 9.68. The average molecular weight is 377 g/mol. The van der Waals surface area contributed by atoms with Gasteiger partial charge in [0.15, 0.2) is 0 Å². The summed E-state index contributed by atoms with van der Waals surface area (Å²) in [5.41, 5.74) is 4.70. The van der Waals surface area contributed by atoms with Crippen molar-refractivity contribution in [2.75, 3.05) is 25.6 Å². The van der Waals surface area contributed by atoms with Crippen molar-refractivity contribution in [2.24, 2.45) is 17.8 Å². The standard InChI is InChI=1S/C24H28N2O2/c1-28-12-11-25-24(27)18-9-10-20-19(14-18)21-16-7-8-17(13-16)22(21)23(26-20)15-5-3-2-4-6-15/h2-6,9-10,14,16-17,21-23,26H,7-8,11-13H2,1H3,(H,25,27)/t16-,17-,21-,22-,23+/m0/s1. The maximum absolute atomic E-state index is 12.6. The molecule has 2 N–H and O–H groups in total. The molecule has 4 heteroatoms. The van der Waals surface area contributed by atoms with E-state index < -0.39 is 0 Å². The Morgan fingerprint density at radius 2 is 1.96 bits per heavy atom. The maximum Gasteiger partial charge on any atom is 0.251 e. The lowest BCUT2D eigenvalue weighted by Gasteiger charge is -2.43. The number of methoxy groups -OCH3 is 1. The number of rotatable bonds is 5. The molecule has 2 aliphatic carbocycles. The minimum absolute atomic E-state index is 0.00950. The van der Waals surface area contributed by atoms with Crippen LogP contribution in [0.4, 0.5) is 5.69 Å². The highest BCUT2D eigenvalue weighted by Crippen LogP contribution is 2.63. The SMILES string of the molecule is COCCNC(=O)c1ccc2c(c1)[C@@H]1[C@H]3CC[C@@H](C3)[C@@H]1[C@@H](c1ccccc1)N2. The van der Waals surface area contributed by atoms with Crippen LogP contribution in [-0.4, -0.2) is 26.2 Å². The molecule has 4 nitrogen and oxygen atoms in total. The van der Waals surface area contributed by atoms with E-state index in [0.29, 0.717) is 31.0 Å². The van der Waals surface area contributed by atoms with Gasteiger partial charge in [-0.1, -0.05) is 30.3 Å². The van der Waals surface area contributed by atoms with Crippen LogP contribution in [-0.2, 0) is 4.74 Å². The van der Waals surface area contributed by atoms with Gasteiger partial charge in [-0.2, -0.15) is 0 Å². The molecule has 2 fully saturated rings. The zero-order chi connectivity index (χ0) is 19.1. The van der Waals surface area contributed by atoms with Crippen LogP contribution in [0.5, 0.6) is 0 Å². The second-order valence-corrected chi connectivity index (χ2v) is 8.52. The second-order valence-electron chi connectivity index (χ2n) is 8.52. The number of ether oxygens (including phenoxy) is 1. The van der Waals surface area contributed by atoms with Gasteiger partial charge in [0.25, 0.3) is 5.91 Å². The normalized spacial score (nSPS) is 29.7. The zero-order valence-electron chi connectivity index (χ0n) is 16.4. The van der Waals surface area contributed by atoms with Gasteiger partial charge in [-0.15, -0.1) is 0 Å². The van der Waals surface area contributed by atoms with Gasteiger partial charge >= 0.3 is 0 Å². The van der Waals surface area contributed by atoms with Crippen LogP contribution in [0.15, 0.2) is 48.5 Å². The molecule has 3 aliphatic rings. The van der Waals surface area contributed by atoms with Gasteiger partial charge in [0.05, 0.1) is 12.6 Å². The van der Waals surface area contributed by atoms with Gasteiger partial charge in [-0.3, -0.25) is 4.79 Å². The molecule has 146 valence electrons. The largest absolute Gasteiger partial charge is 0.383 e. The van der Waals surface area contributed by atoms with E-state index >= 15 is 0 Å². The summed E-state index contributed by atoms with van der Waals surface area (Å²) in [6, 6.07) is 17.5. The van der Waals surface area contributed by atoms with Crippen LogP contribution in [0.1, 0.15) is 52.7 Å². The molecule has 0 aromatic heterocycles. The molecule has 2 bridgehead atoms. The highest BCUT2D eigenvalue weighted by molar-refractivity contribution is 5.95. The van der Waals surface area contributed by atoms with Crippen LogP contribution < -0.4 is 10.6 Å². The fourth-order valence-corrected chi connectivity index (χ4v) is 5.99. The Morgan fingerprint density at radius 1 is 1.14 bits per heavy atom. The quantitative estimate of drug-likeness (QED) is 0.763.